The third kappa shape index (κ3) is 4.75. The third-order valence-corrected chi connectivity index (χ3v) is 5.97. The van der Waals surface area contributed by atoms with Crippen LogP contribution in [0.25, 0.3) is 11.6 Å². The lowest BCUT2D eigenvalue weighted by Gasteiger charge is -2.29. The van der Waals surface area contributed by atoms with Crippen LogP contribution in [-0.2, 0) is 11.3 Å². The first kappa shape index (κ1) is 21.4. The Balaban J connectivity index is 1.50. The topological polar surface area (TPSA) is 71.7 Å². The lowest BCUT2D eigenvalue weighted by atomic mass is 10.1. The molecule has 0 atom stereocenters. The highest BCUT2D eigenvalue weighted by Crippen LogP contribution is 2.26. The molecule has 0 saturated carbocycles. The number of anilines is 1. The highest BCUT2D eigenvalue weighted by atomic mass is 32.2. The van der Waals surface area contributed by atoms with Crippen molar-refractivity contribution in [3.63, 3.8) is 0 Å². The van der Waals surface area contributed by atoms with Crippen molar-refractivity contribution in [2.45, 2.75) is 18.5 Å². The molecular formula is C23H26N4O3S. The second kappa shape index (κ2) is 9.53. The smallest absolute Gasteiger partial charge is 0.258 e. The molecule has 0 radical (unpaired) electrons. The molecule has 162 valence electrons. The molecule has 1 aliphatic heterocycles. The van der Waals surface area contributed by atoms with Gasteiger partial charge in [-0.3, -0.25) is 4.79 Å². The van der Waals surface area contributed by atoms with E-state index in [2.05, 4.69) is 39.1 Å². The summed E-state index contributed by atoms with van der Waals surface area (Å²) < 4.78 is 10.8. The van der Waals surface area contributed by atoms with E-state index in [-0.39, 0.29) is 5.91 Å². The number of furan rings is 1. The zero-order valence-electron chi connectivity index (χ0n) is 18.0. The lowest BCUT2D eigenvalue weighted by Crippen LogP contribution is -2.36. The van der Waals surface area contributed by atoms with Crippen molar-refractivity contribution in [3.8, 4) is 11.6 Å². The molecule has 7 nitrogen and oxygen atoms in total. The molecule has 3 heterocycles. The summed E-state index contributed by atoms with van der Waals surface area (Å²) in [5.74, 6) is 0.987. The van der Waals surface area contributed by atoms with Gasteiger partial charge in [-0.1, -0.05) is 12.1 Å². The van der Waals surface area contributed by atoms with Crippen molar-refractivity contribution in [1.82, 2.24) is 14.9 Å². The Bertz CT molecular complexity index is 1030. The van der Waals surface area contributed by atoms with Crippen LogP contribution in [0, 0.1) is 6.92 Å². The average molecular weight is 439 g/mol. The minimum Gasteiger partial charge on any atom is -0.461 e. The van der Waals surface area contributed by atoms with E-state index in [1.807, 2.05) is 26.3 Å². The van der Waals surface area contributed by atoms with Crippen LogP contribution in [-0.4, -0.2) is 60.4 Å². The van der Waals surface area contributed by atoms with Gasteiger partial charge in [0, 0.05) is 32.4 Å². The zero-order chi connectivity index (χ0) is 21.8. The fourth-order valence-corrected chi connectivity index (χ4v) is 4.24. The molecule has 0 bridgehead atoms. The van der Waals surface area contributed by atoms with Crippen molar-refractivity contribution >= 4 is 23.4 Å². The second-order valence-electron chi connectivity index (χ2n) is 7.42. The molecule has 1 saturated heterocycles. The standard InChI is InChI=1S/C23H26N4O3S/c1-16-20(22(31-3)25-21(24-16)19-5-4-12-30-19)23(28)26(2)15-17-6-8-18(9-7-17)27-10-13-29-14-11-27/h4-9,12H,10-11,13-15H2,1-3H3. The molecule has 31 heavy (non-hydrogen) atoms. The molecule has 4 rings (SSSR count). The van der Waals surface area contributed by atoms with E-state index in [9.17, 15) is 4.79 Å². The molecule has 0 N–H and O–H groups in total. The van der Waals surface area contributed by atoms with Gasteiger partial charge in [0.15, 0.2) is 11.6 Å². The molecule has 1 aromatic carbocycles. The van der Waals surface area contributed by atoms with Crippen LogP contribution >= 0.6 is 11.8 Å². The highest BCUT2D eigenvalue weighted by Gasteiger charge is 2.23. The number of morpholine rings is 1. The molecular weight excluding hydrogens is 412 g/mol. The van der Waals surface area contributed by atoms with Crippen molar-refractivity contribution in [3.05, 3.63) is 59.5 Å². The fourth-order valence-electron chi connectivity index (χ4n) is 3.63. The minimum atomic E-state index is -0.0925. The van der Waals surface area contributed by atoms with Crippen LogP contribution in [0.3, 0.4) is 0 Å². The maximum atomic E-state index is 13.2. The Labute approximate surface area is 186 Å². The molecule has 1 fully saturated rings. The number of hydrogen-bond acceptors (Lipinski definition) is 7. The minimum absolute atomic E-state index is 0.0925. The summed E-state index contributed by atoms with van der Waals surface area (Å²) in [5.41, 5.74) is 3.44. The van der Waals surface area contributed by atoms with Crippen LogP contribution < -0.4 is 4.90 Å². The second-order valence-corrected chi connectivity index (χ2v) is 8.22. The van der Waals surface area contributed by atoms with Crippen LogP contribution in [0.15, 0.2) is 52.1 Å². The van der Waals surface area contributed by atoms with Crippen LogP contribution in [0.5, 0.6) is 0 Å². The zero-order valence-corrected chi connectivity index (χ0v) is 18.8. The van der Waals surface area contributed by atoms with Gasteiger partial charge in [0.25, 0.3) is 5.91 Å². The molecule has 0 spiro atoms. The van der Waals surface area contributed by atoms with Gasteiger partial charge < -0.3 is 19.0 Å². The predicted molar refractivity (Wildman–Crippen MR) is 122 cm³/mol. The number of nitrogens with zero attached hydrogens (tertiary/aromatic N) is 4. The van der Waals surface area contributed by atoms with E-state index in [4.69, 9.17) is 9.15 Å². The van der Waals surface area contributed by atoms with Gasteiger partial charge >= 0.3 is 0 Å². The molecule has 0 aliphatic carbocycles. The number of ether oxygens (including phenoxy) is 1. The van der Waals surface area contributed by atoms with Crippen molar-refractivity contribution in [1.29, 1.82) is 0 Å². The van der Waals surface area contributed by atoms with E-state index < -0.39 is 0 Å². The van der Waals surface area contributed by atoms with E-state index in [0.29, 0.717) is 34.4 Å². The van der Waals surface area contributed by atoms with Gasteiger partial charge in [-0.15, -0.1) is 11.8 Å². The molecule has 2 aromatic heterocycles. The Hall–Kier alpha value is -2.84. The molecule has 8 heteroatoms. The van der Waals surface area contributed by atoms with Gasteiger partial charge in [0.05, 0.1) is 30.7 Å². The number of aryl methyl sites for hydroxylation is 1. The fraction of sp³-hybridized carbons (Fsp3) is 0.348. The number of aromatic nitrogens is 2. The van der Waals surface area contributed by atoms with E-state index in [1.165, 1.54) is 17.4 Å². The number of hydrogen-bond donors (Lipinski definition) is 0. The summed E-state index contributed by atoms with van der Waals surface area (Å²) in [6.07, 6.45) is 3.50. The van der Waals surface area contributed by atoms with Crippen molar-refractivity contribution in [2.75, 3.05) is 44.5 Å². The molecule has 0 unspecified atom stereocenters. The van der Waals surface area contributed by atoms with E-state index in [0.717, 1.165) is 31.9 Å². The highest BCUT2D eigenvalue weighted by molar-refractivity contribution is 7.98. The number of rotatable bonds is 6. The van der Waals surface area contributed by atoms with Crippen molar-refractivity contribution < 1.29 is 13.9 Å². The van der Waals surface area contributed by atoms with E-state index >= 15 is 0 Å². The summed E-state index contributed by atoms with van der Waals surface area (Å²) in [6.45, 7) is 5.68. The maximum Gasteiger partial charge on any atom is 0.258 e. The van der Waals surface area contributed by atoms with Gasteiger partial charge in [0.1, 0.15) is 5.03 Å². The quantitative estimate of drug-likeness (QED) is 0.427. The average Bonchev–Trinajstić information content (AvgIpc) is 3.34. The van der Waals surface area contributed by atoms with Crippen LogP contribution in [0.2, 0.25) is 0 Å². The van der Waals surface area contributed by atoms with E-state index in [1.54, 1.807) is 17.2 Å². The summed E-state index contributed by atoms with van der Waals surface area (Å²) in [5, 5.41) is 0.651. The number of thioether (sulfide) groups is 1. The monoisotopic (exact) mass is 438 g/mol. The van der Waals surface area contributed by atoms with Gasteiger partial charge in [-0.2, -0.15) is 0 Å². The SMILES string of the molecule is CSc1nc(-c2ccco2)nc(C)c1C(=O)N(C)Cc1ccc(N2CCOCC2)cc1. The first-order valence-electron chi connectivity index (χ1n) is 10.2. The number of amides is 1. The Morgan fingerprint density at radius 1 is 1.16 bits per heavy atom. The number of carbonyl (C=O) groups excluding carboxylic acids is 1. The summed E-state index contributed by atoms with van der Waals surface area (Å²) in [7, 11) is 1.81. The molecule has 1 amide bonds. The lowest BCUT2D eigenvalue weighted by molar-refractivity contribution is 0.0779. The summed E-state index contributed by atoms with van der Waals surface area (Å²) in [6, 6.07) is 12.0. The molecule has 1 aliphatic rings. The van der Waals surface area contributed by atoms with Crippen molar-refractivity contribution in [2.24, 2.45) is 0 Å². The molecule has 3 aromatic rings. The summed E-state index contributed by atoms with van der Waals surface area (Å²) >= 11 is 1.43. The van der Waals surface area contributed by atoms with Gasteiger partial charge in [0.2, 0.25) is 0 Å². The first-order chi connectivity index (χ1) is 15.1. The Kier molecular flexibility index (Phi) is 6.58. The third-order valence-electron chi connectivity index (χ3n) is 5.28. The van der Waals surface area contributed by atoms with Crippen LogP contribution in [0.1, 0.15) is 21.6 Å². The first-order valence-corrected chi connectivity index (χ1v) is 11.4. The largest absolute Gasteiger partial charge is 0.461 e. The number of benzene rings is 1. The normalized spacial score (nSPS) is 14.0. The predicted octanol–water partition coefficient (Wildman–Crippen LogP) is 3.88. The van der Waals surface area contributed by atoms with Crippen LogP contribution in [0.4, 0.5) is 5.69 Å². The Morgan fingerprint density at radius 2 is 1.90 bits per heavy atom. The number of carbonyl (C=O) groups is 1. The maximum absolute atomic E-state index is 13.2. The summed E-state index contributed by atoms with van der Waals surface area (Å²) in [4.78, 5) is 26.4. The van der Waals surface area contributed by atoms with Gasteiger partial charge in [-0.05, 0) is 43.0 Å². The van der Waals surface area contributed by atoms with Gasteiger partial charge in [-0.25, -0.2) is 9.97 Å². The Morgan fingerprint density at radius 3 is 2.55 bits per heavy atom.